The highest BCUT2D eigenvalue weighted by atomic mass is 79.9. The molecule has 0 aromatic rings. The predicted octanol–water partition coefficient (Wildman–Crippen LogP) is 1.56. The Kier molecular flexibility index (Phi) is 2.42. The molecule has 0 amide bonds. The van der Waals surface area contributed by atoms with Crippen molar-refractivity contribution in [2.24, 2.45) is 10.5 Å². The van der Waals surface area contributed by atoms with E-state index >= 15 is 0 Å². The Labute approximate surface area is 76.0 Å². The fourth-order valence-corrected chi connectivity index (χ4v) is 1.39. The van der Waals surface area contributed by atoms with Crippen LogP contribution in [0.25, 0.3) is 0 Å². The SMILES string of the molecule is CC(C)(C)CN1CNN=C1Br. The molecule has 0 atom stereocenters. The number of rotatable bonds is 1. The second-order valence-corrected chi connectivity index (χ2v) is 4.66. The van der Waals surface area contributed by atoms with Crippen LogP contribution >= 0.6 is 15.9 Å². The van der Waals surface area contributed by atoms with Gasteiger partial charge in [0.1, 0.15) is 6.67 Å². The van der Waals surface area contributed by atoms with Gasteiger partial charge in [0.2, 0.25) is 0 Å². The smallest absolute Gasteiger partial charge is 0.193 e. The van der Waals surface area contributed by atoms with Crippen LogP contribution in [0.4, 0.5) is 0 Å². The molecule has 0 aromatic carbocycles. The molecule has 11 heavy (non-hydrogen) atoms. The lowest BCUT2D eigenvalue weighted by Crippen LogP contribution is -2.34. The molecular formula is C7H14BrN3. The topological polar surface area (TPSA) is 27.6 Å². The van der Waals surface area contributed by atoms with Crippen LogP contribution in [-0.4, -0.2) is 22.9 Å². The fraction of sp³-hybridized carbons (Fsp3) is 0.857. The average Bonchev–Trinajstić information content (AvgIpc) is 2.12. The van der Waals surface area contributed by atoms with Crippen molar-refractivity contribution < 1.29 is 0 Å². The maximum Gasteiger partial charge on any atom is 0.193 e. The standard InChI is InChI=1S/C7H14BrN3/c1-7(2,3)4-11-5-9-10-6(11)8/h9H,4-5H2,1-3H3. The number of nitrogens with zero attached hydrogens (tertiary/aromatic N) is 2. The predicted molar refractivity (Wildman–Crippen MR) is 50.5 cm³/mol. The first-order valence-electron chi connectivity index (χ1n) is 3.70. The number of hydrazone groups is 1. The summed E-state index contributed by atoms with van der Waals surface area (Å²) in [6, 6.07) is 0. The van der Waals surface area contributed by atoms with Gasteiger partial charge in [-0.05, 0) is 21.3 Å². The molecule has 3 nitrogen and oxygen atoms in total. The molecule has 4 heteroatoms. The molecule has 0 unspecified atom stereocenters. The number of amidine groups is 1. The van der Waals surface area contributed by atoms with Gasteiger partial charge in [-0.2, -0.15) is 5.10 Å². The van der Waals surface area contributed by atoms with Crippen molar-refractivity contribution in [3.05, 3.63) is 0 Å². The maximum absolute atomic E-state index is 4.01. The van der Waals surface area contributed by atoms with Crippen LogP contribution in [0.1, 0.15) is 20.8 Å². The summed E-state index contributed by atoms with van der Waals surface area (Å²) in [6.07, 6.45) is 0. The highest BCUT2D eigenvalue weighted by Crippen LogP contribution is 2.17. The molecule has 0 bridgehead atoms. The van der Waals surface area contributed by atoms with E-state index in [1.165, 1.54) is 0 Å². The van der Waals surface area contributed by atoms with Crippen LogP contribution in [-0.2, 0) is 0 Å². The normalized spacial score (nSPS) is 18.2. The van der Waals surface area contributed by atoms with Crippen molar-refractivity contribution in [2.45, 2.75) is 20.8 Å². The van der Waals surface area contributed by atoms with Crippen LogP contribution in [0.3, 0.4) is 0 Å². The van der Waals surface area contributed by atoms with E-state index in [-0.39, 0.29) is 0 Å². The van der Waals surface area contributed by atoms with E-state index in [1.807, 2.05) is 0 Å². The summed E-state index contributed by atoms with van der Waals surface area (Å²) in [4.78, 5) is 2.17. The Hall–Kier alpha value is -0.250. The lowest BCUT2D eigenvalue weighted by Gasteiger charge is -2.25. The molecular weight excluding hydrogens is 206 g/mol. The highest BCUT2D eigenvalue weighted by Gasteiger charge is 2.20. The van der Waals surface area contributed by atoms with Crippen molar-refractivity contribution >= 4 is 20.7 Å². The lowest BCUT2D eigenvalue weighted by molar-refractivity contribution is 0.282. The molecule has 64 valence electrons. The van der Waals surface area contributed by atoms with Gasteiger partial charge in [-0.15, -0.1) is 0 Å². The second kappa shape index (κ2) is 3.01. The van der Waals surface area contributed by atoms with Crippen molar-refractivity contribution in [1.82, 2.24) is 10.3 Å². The van der Waals surface area contributed by atoms with Gasteiger partial charge < -0.3 is 4.90 Å². The zero-order chi connectivity index (χ0) is 8.48. The van der Waals surface area contributed by atoms with Crippen molar-refractivity contribution in [3.63, 3.8) is 0 Å². The van der Waals surface area contributed by atoms with Crippen LogP contribution in [0.2, 0.25) is 0 Å². The Morgan fingerprint density at radius 2 is 2.27 bits per heavy atom. The van der Waals surface area contributed by atoms with Gasteiger partial charge in [0.25, 0.3) is 0 Å². The Balaban J connectivity index is 2.45. The van der Waals surface area contributed by atoms with Gasteiger partial charge in [-0.25, -0.2) is 0 Å². The maximum atomic E-state index is 4.01. The van der Waals surface area contributed by atoms with E-state index in [2.05, 4.69) is 52.1 Å². The molecule has 0 saturated carbocycles. The number of halogens is 1. The summed E-state index contributed by atoms with van der Waals surface area (Å²) in [6.45, 7) is 8.48. The Bertz CT molecular complexity index is 171. The highest BCUT2D eigenvalue weighted by molar-refractivity contribution is 9.18. The summed E-state index contributed by atoms with van der Waals surface area (Å²) >= 11 is 3.37. The molecule has 0 aromatic heterocycles. The first-order chi connectivity index (χ1) is 4.99. The largest absolute Gasteiger partial charge is 0.330 e. The van der Waals surface area contributed by atoms with Gasteiger partial charge >= 0.3 is 0 Å². The average molecular weight is 220 g/mol. The fourth-order valence-electron chi connectivity index (χ4n) is 1.02. The molecule has 0 fully saturated rings. The summed E-state index contributed by atoms with van der Waals surface area (Å²) in [5.74, 6) is 0. The molecule has 1 heterocycles. The van der Waals surface area contributed by atoms with E-state index in [0.29, 0.717) is 5.41 Å². The molecule has 0 spiro atoms. The molecule has 1 N–H and O–H groups in total. The molecule has 0 radical (unpaired) electrons. The van der Waals surface area contributed by atoms with Crippen molar-refractivity contribution in [1.29, 1.82) is 0 Å². The monoisotopic (exact) mass is 219 g/mol. The summed E-state index contributed by atoms with van der Waals surface area (Å²) < 4.78 is 0.910. The van der Waals surface area contributed by atoms with Crippen LogP contribution < -0.4 is 5.43 Å². The third kappa shape index (κ3) is 2.69. The van der Waals surface area contributed by atoms with Crippen LogP contribution in [0.15, 0.2) is 5.10 Å². The lowest BCUT2D eigenvalue weighted by atomic mass is 9.96. The van der Waals surface area contributed by atoms with Gasteiger partial charge in [0.05, 0.1) is 0 Å². The molecule has 1 aliphatic rings. The summed E-state index contributed by atoms with van der Waals surface area (Å²) in [5, 5.41) is 4.01. The van der Waals surface area contributed by atoms with Gasteiger partial charge in [-0.1, -0.05) is 20.8 Å². The van der Waals surface area contributed by atoms with Crippen LogP contribution in [0.5, 0.6) is 0 Å². The van der Waals surface area contributed by atoms with E-state index < -0.39 is 0 Å². The van der Waals surface area contributed by atoms with Gasteiger partial charge in [0, 0.05) is 6.54 Å². The zero-order valence-electron chi connectivity index (χ0n) is 7.19. The third-order valence-electron chi connectivity index (χ3n) is 1.36. The molecule has 0 aliphatic carbocycles. The Morgan fingerprint density at radius 3 is 2.64 bits per heavy atom. The quantitative estimate of drug-likeness (QED) is 0.679. The number of hydrogen-bond donors (Lipinski definition) is 1. The van der Waals surface area contributed by atoms with E-state index in [4.69, 9.17) is 0 Å². The second-order valence-electron chi connectivity index (χ2n) is 3.96. The van der Waals surface area contributed by atoms with Crippen molar-refractivity contribution in [2.75, 3.05) is 13.2 Å². The molecule has 0 saturated heterocycles. The number of nitrogens with one attached hydrogen (secondary N) is 1. The third-order valence-corrected chi connectivity index (χ3v) is 2.04. The molecule has 1 aliphatic heterocycles. The van der Waals surface area contributed by atoms with Gasteiger partial charge in [-0.3, -0.25) is 5.43 Å². The minimum absolute atomic E-state index is 0.320. The summed E-state index contributed by atoms with van der Waals surface area (Å²) in [7, 11) is 0. The first-order valence-corrected chi connectivity index (χ1v) is 4.49. The molecule has 1 rings (SSSR count). The number of hydrogen-bond acceptors (Lipinski definition) is 3. The van der Waals surface area contributed by atoms with Gasteiger partial charge in [0.15, 0.2) is 4.74 Å². The minimum atomic E-state index is 0.320. The summed E-state index contributed by atoms with van der Waals surface area (Å²) in [5.41, 5.74) is 3.23. The van der Waals surface area contributed by atoms with Crippen LogP contribution in [0, 0.1) is 5.41 Å². The van der Waals surface area contributed by atoms with E-state index in [9.17, 15) is 0 Å². The van der Waals surface area contributed by atoms with E-state index in [1.54, 1.807) is 0 Å². The zero-order valence-corrected chi connectivity index (χ0v) is 8.77. The Morgan fingerprint density at radius 1 is 1.64 bits per heavy atom. The minimum Gasteiger partial charge on any atom is -0.330 e. The first kappa shape index (κ1) is 8.84. The van der Waals surface area contributed by atoms with Crippen molar-refractivity contribution in [3.8, 4) is 0 Å². The van der Waals surface area contributed by atoms with E-state index in [0.717, 1.165) is 18.0 Å².